The van der Waals surface area contributed by atoms with Crippen molar-refractivity contribution in [2.75, 3.05) is 4.72 Å². The zero-order valence-corrected chi connectivity index (χ0v) is 12.5. The summed E-state index contributed by atoms with van der Waals surface area (Å²) in [4.78, 5) is 10.6. The number of hydrogen-bond acceptors (Lipinski definition) is 4. The Morgan fingerprint density at radius 1 is 1.20 bits per heavy atom. The van der Waals surface area contributed by atoms with Gasteiger partial charge in [-0.1, -0.05) is 18.2 Å². The lowest BCUT2D eigenvalue weighted by molar-refractivity contribution is 0.0698. The molecule has 0 aliphatic carbocycles. The van der Waals surface area contributed by atoms with Crippen molar-refractivity contribution in [1.29, 1.82) is 0 Å². The van der Waals surface area contributed by atoms with Gasteiger partial charge < -0.3 is 5.11 Å². The first-order valence-electron chi connectivity index (χ1n) is 5.73. The molecule has 0 unspecified atom stereocenters. The van der Waals surface area contributed by atoms with Gasteiger partial charge in [0.1, 0.15) is 9.77 Å². The molecular formula is C13H13NO4S2. The third-order valence-corrected chi connectivity index (χ3v) is 5.25. The Labute approximate surface area is 120 Å². The van der Waals surface area contributed by atoms with E-state index in [2.05, 4.69) is 4.72 Å². The summed E-state index contributed by atoms with van der Waals surface area (Å²) in [7, 11) is -3.91. The molecule has 0 aliphatic rings. The highest BCUT2D eigenvalue weighted by Crippen LogP contribution is 2.27. The average molecular weight is 311 g/mol. The van der Waals surface area contributed by atoms with E-state index in [0.29, 0.717) is 5.69 Å². The van der Waals surface area contributed by atoms with Crippen LogP contribution in [0.3, 0.4) is 0 Å². The van der Waals surface area contributed by atoms with Gasteiger partial charge in [0.05, 0.1) is 5.69 Å². The van der Waals surface area contributed by atoms with Crippen LogP contribution < -0.4 is 4.72 Å². The van der Waals surface area contributed by atoms with Gasteiger partial charge in [0, 0.05) is 0 Å². The fraction of sp³-hybridized carbons (Fsp3) is 0.154. The molecule has 0 saturated heterocycles. The van der Waals surface area contributed by atoms with Crippen LogP contribution in [0.2, 0.25) is 0 Å². The quantitative estimate of drug-likeness (QED) is 0.909. The van der Waals surface area contributed by atoms with Crippen molar-refractivity contribution in [1.82, 2.24) is 0 Å². The molecule has 0 fully saturated rings. The number of anilines is 1. The smallest absolute Gasteiger partial charge is 0.347 e. The molecular weight excluding hydrogens is 298 g/mol. The van der Waals surface area contributed by atoms with Crippen LogP contribution in [0.1, 0.15) is 20.8 Å². The van der Waals surface area contributed by atoms with E-state index in [9.17, 15) is 13.2 Å². The normalized spacial score (nSPS) is 11.3. The standard InChI is InChI=1S/C13H13NO4S2/c1-8-4-3-5-9(2)11(8)14-20(17,18)10-6-7-19-12(10)13(15)16/h3-7,14H,1-2H3,(H,15,16). The lowest BCUT2D eigenvalue weighted by Gasteiger charge is -2.12. The van der Waals surface area contributed by atoms with Crippen LogP contribution in [-0.2, 0) is 10.0 Å². The van der Waals surface area contributed by atoms with Gasteiger partial charge in [-0.2, -0.15) is 0 Å². The van der Waals surface area contributed by atoms with Crippen molar-refractivity contribution in [2.24, 2.45) is 0 Å². The summed E-state index contributed by atoms with van der Waals surface area (Å²) in [5.74, 6) is -1.25. The lowest BCUT2D eigenvalue weighted by Crippen LogP contribution is -2.16. The molecule has 0 atom stereocenters. The van der Waals surface area contributed by atoms with Crippen molar-refractivity contribution in [2.45, 2.75) is 18.7 Å². The highest BCUT2D eigenvalue weighted by Gasteiger charge is 2.24. The van der Waals surface area contributed by atoms with E-state index >= 15 is 0 Å². The van der Waals surface area contributed by atoms with Gasteiger partial charge in [-0.25, -0.2) is 13.2 Å². The molecule has 0 aliphatic heterocycles. The number of nitrogens with one attached hydrogen (secondary N) is 1. The average Bonchev–Trinajstić information content (AvgIpc) is 2.84. The molecule has 1 aromatic heterocycles. The number of aryl methyl sites for hydroxylation is 2. The highest BCUT2D eigenvalue weighted by atomic mass is 32.2. The third kappa shape index (κ3) is 2.68. The SMILES string of the molecule is Cc1cccc(C)c1NS(=O)(=O)c1ccsc1C(=O)O. The fourth-order valence-corrected chi connectivity index (χ4v) is 4.29. The Kier molecular flexibility index (Phi) is 3.82. The van der Waals surface area contributed by atoms with Crippen LogP contribution in [0, 0.1) is 13.8 Å². The van der Waals surface area contributed by atoms with E-state index in [-0.39, 0.29) is 9.77 Å². The van der Waals surface area contributed by atoms with Gasteiger partial charge in [0.25, 0.3) is 10.0 Å². The number of thiophene rings is 1. The van der Waals surface area contributed by atoms with Gasteiger partial charge in [-0.3, -0.25) is 4.72 Å². The number of para-hydroxylation sites is 1. The predicted molar refractivity (Wildman–Crippen MR) is 78.0 cm³/mol. The van der Waals surface area contributed by atoms with Gasteiger partial charge >= 0.3 is 5.97 Å². The van der Waals surface area contributed by atoms with Gasteiger partial charge in [0.2, 0.25) is 0 Å². The minimum atomic E-state index is -3.91. The highest BCUT2D eigenvalue weighted by molar-refractivity contribution is 7.93. The van der Waals surface area contributed by atoms with E-state index in [1.54, 1.807) is 26.0 Å². The molecule has 2 N–H and O–H groups in total. The van der Waals surface area contributed by atoms with E-state index in [4.69, 9.17) is 5.11 Å². The number of hydrogen-bond donors (Lipinski definition) is 2. The lowest BCUT2D eigenvalue weighted by atomic mass is 10.1. The monoisotopic (exact) mass is 311 g/mol. The maximum atomic E-state index is 12.3. The second kappa shape index (κ2) is 5.26. The number of aromatic carboxylic acids is 1. The third-order valence-electron chi connectivity index (χ3n) is 2.83. The van der Waals surface area contributed by atoms with Crippen LogP contribution in [0.4, 0.5) is 5.69 Å². The van der Waals surface area contributed by atoms with Crippen molar-refractivity contribution in [3.63, 3.8) is 0 Å². The fourth-order valence-electron chi connectivity index (χ4n) is 1.83. The molecule has 1 heterocycles. The Hall–Kier alpha value is -1.86. The summed E-state index contributed by atoms with van der Waals surface area (Å²) in [6.07, 6.45) is 0. The zero-order valence-electron chi connectivity index (χ0n) is 10.9. The van der Waals surface area contributed by atoms with Gasteiger partial charge in [0.15, 0.2) is 0 Å². The minimum absolute atomic E-state index is 0.191. The molecule has 0 saturated carbocycles. The maximum absolute atomic E-state index is 12.3. The molecule has 5 nitrogen and oxygen atoms in total. The molecule has 2 aromatic rings. The van der Waals surface area contributed by atoms with Crippen LogP contribution in [-0.4, -0.2) is 19.5 Å². The van der Waals surface area contributed by atoms with E-state index in [1.807, 2.05) is 6.07 Å². The Morgan fingerprint density at radius 2 is 1.80 bits per heavy atom. The van der Waals surface area contributed by atoms with Crippen molar-refractivity contribution in [3.8, 4) is 0 Å². The van der Waals surface area contributed by atoms with Crippen LogP contribution >= 0.6 is 11.3 Å². The van der Waals surface area contributed by atoms with E-state index < -0.39 is 16.0 Å². The summed E-state index contributed by atoms with van der Waals surface area (Å²) in [6, 6.07) is 6.70. The van der Waals surface area contributed by atoms with Crippen LogP contribution in [0.5, 0.6) is 0 Å². The minimum Gasteiger partial charge on any atom is -0.477 e. The molecule has 0 bridgehead atoms. The molecule has 20 heavy (non-hydrogen) atoms. The molecule has 106 valence electrons. The number of benzene rings is 1. The molecule has 0 amide bonds. The number of sulfonamides is 1. The topological polar surface area (TPSA) is 83.5 Å². The first-order chi connectivity index (χ1) is 9.33. The van der Waals surface area contributed by atoms with Crippen molar-refractivity contribution in [3.05, 3.63) is 45.6 Å². The summed E-state index contributed by atoms with van der Waals surface area (Å²) in [5.41, 5.74) is 2.04. The van der Waals surface area contributed by atoms with E-state index in [1.165, 1.54) is 11.4 Å². The first kappa shape index (κ1) is 14.5. The number of carboxylic acids is 1. The Balaban J connectivity index is 2.47. The molecule has 0 radical (unpaired) electrons. The molecule has 7 heteroatoms. The van der Waals surface area contributed by atoms with E-state index in [0.717, 1.165) is 22.5 Å². The first-order valence-corrected chi connectivity index (χ1v) is 8.09. The largest absolute Gasteiger partial charge is 0.477 e. The molecule has 0 spiro atoms. The van der Waals surface area contributed by atoms with Crippen molar-refractivity contribution < 1.29 is 18.3 Å². The van der Waals surface area contributed by atoms with Crippen LogP contribution in [0.25, 0.3) is 0 Å². The van der Waals surface area contributed by atoms with Crippen molar-refractivity contribution >= 4 is 33.0 Å². The predicted octanol–water partition coefficient (Wildman–Crippen LogP) is 2.86. The summed E-state index contributed by atoms with van der Waals surface area (Å²) < 4.78 is 27.1. The van der Waals surface area contributed by atoms with Crippen LogP contribution in [0.15, 0.2) is 34.5 Å². The zero-order chi connectivity index (χ0) is 14.9. The number of carboxylic acid groups (broad SMARTS) is 1. The summed E-state index contributed by atoms with van der Waals surface area (Å²) in [5, 5.41) is 10.5. The second-order valence-electron chi connectivity index (χ2n) is 4.29. The summed E-state index contributed by atoms with van der Waals surface area (Å²) in [6.45, 7) is 3.58. The molecule has 1 aromatic carbocycles. The van der Waals surface area contributed by atoms with Gasteiger partial charge in [-0.15, -0.1) is 11.3 Å². The number of carbonyl (C=O) groups is 1. The maximum Gasteiger partial charge on any atom is 0.347 e. The molecule has 2 rings (SSSR count). The second-order valence-corrected chi connectivity index (χ2v) is 6.86. The van der Waals surface area contributed by atoms with Gasteiger partial charge in [-0.05, 0) is 36.4 Å². The number of rotatable bonds is 4. The summed E-state index contributed by atoms with van der Waals surface area (Å²) >= 11 is 0.885. The Morgan fingerprint density at radius 3 is 2.35 bits per heavy atom. The Bertz CT molecular complexity index is 742.